The summed E-state index contributed by atoms with van der Waals surface area (Å²) in [5.74, 6) is 0.527. The van der Waals surface area contributed by atoms with Gasteiger partial charge in [0, 0.05) is 10.5 Å². The molecule has 5 heteroatoms. The number of allylic oxidation sites excluding steroid dienone is 1. The largest absolute Gasteiger partial charge is 0.452 e. The van der Waals surface area contributed by atoms with Crippen LogP contribution in [0.3, 0.4) is 0 Å². The van der Waals surface area contributed by atoms with E-state index >= 15 is 0 Å². The summed E-state index contributed by atoms with van der Waals surface area (Å²) in [6, 6.07) is 10.8. The highest BCUT2D eigenvalue weighted by Gasteiger charge is 2.31. The van der Waals surface area contributed by atoms with Crippen LogP contribution in [0.2, 0.25) is 0 Å². The van der Waals surface area contributed by atoms with Crippen LogP contribution in [0.5, 0.6) is 11.5 Å². The Morgan fingerprint density at radius 3 is 2.42 bits per heavy atom. The van der Waals surface area contributed by atoms with Gasteiger partial charge in [-0.25, -0.2) is 0 Å². The van der Waals surface area contributed by atoms with Crippen LogP contribution < -0.4 is 9.47 Å². The van der Waals surface area contributed by atoms with Gasteiger partial charge in [0.15, 0.2) is 5.76 Å². The third-order valence-electron chi connectivity index (χ3n) is 3.93. The minimum absolute atomic E-state index is 0.172. The Kier molecular flexibility index (Phi) is 4.76. The monoisotopic (exact) mass is 414 g/mol. The SMILES string of the molecule is Cc1cc(OC(=O)C(C)(C)C)cc2c1C(=O)/C(=C/c1ccc(Br)cc1)O2. The van der Waals surface area contributed by atoms with Crippen molar-refractivity contribution < 1.29 is 19.1 Å². The number of hydrogen-bond acceptors (Lipinski definition) is 4. The zero-order valence-corrected chi connectivity index (χ0v) is 16.6. The number of ether oxygens (including phenoxy) is 2. The Balaban J connectivity index is 1.91. The summed E-state index contributed by atoms with van der Waals surface area (Å²) in [6.45, 7) is 7.16. The van der Waals surface area contributed by atoms with Crippen molar-refractivity contribution in [3.8, 4) is 11.5 Å². The lowest BCUT2D eigenvalue weighted by Gasteiger charge is -2.16. The molecule has 3 rings (SSSR count). The fourth-order valence-electron chi connectivity index (χ4n) is 2.51. The molecule has 0 unspecified atom stereocenters. The Morgan fingerprint density at radius 1 is 1.15 bits per heavy atom. The van der Waals surface area contributed by atoms with E-state index in [0.717, 1.165) is 10.0 Å². The van der Waals surface area contributed by atoms with Gasteiger partial charge in [0.1, 0.15) is 11.5 Å². The van der Waals surface area contributed by atoms with E-state index < -0.39 is 5.41 Å². The summed E-state index contributed by atoms with van der Waals surface area (Å²) < 4.78 is 12.1. The number of carbonyl (C=O) groups is 2. The van der Waals surface area contributed by atoms with Crippen molar-refractivity contribution in [2.75, 3.05) is 0 Å². The molecule has 2 aromatic rings. The normalized spacial score (nSPS) is 15.0. The first-order valence-corrected chi connectivity index (χ1v) is 9.01. The fraction of sp³-hybridized carbons (Fsp3) is 0.238. The van der Waals surface area contributed by atoms with Crippen molar-refractivity contribution in [1.29, 1.82) is 0 Å². The summed E-state index contributed by atoms with van der Waals surface area (Å²) in [6.07, 6.45) is 1.70. The van der Waals surface area contributed by atoms with Gasteiger partial charge in [-0.2, -0.15) is 0 Å². The second-order valence-electron chi connectivity index (χ2n) is 7.24. The number of hydrogen-bond donors (Lipinski definition) is 0. The lowest BCUT2D eigenvalue weighted by Crippen LogP contribution is -2.25. The molecule has 0 aliphatic carbocycles. The molecule has 1 aliphatic rings. The zero-order chi connectivity index (χ0) is 19.1. The van der Waals surface area contributed by atoms with Crippen molar-refractivity contribution in [3.05, 3.63) is 63.3 Å². The van der Waals surface area contributed by atoms with Gasteiger partial charge in [0.2, 0.25) is 5.78 Å². The number of esters is 1. The Labute approximate surface area is 160 Å². The second kappa shape index (κ2) is 6.72. The van der Waals surface area contributed by atoms with E-state index in [4.69, 9.17) is 9.47 Å². The first kappa shape index (κ1) is 18.4. The summed E-state index contributed by atoms with van der Waals surface area (Å²) in [5, 5.41) is 0. The molecule has 0 radical (unpaired) electrons. The average Bonchev–Trinajstić information content (AvgIpc) is 2.85. The molecule has 0 saturated carbocycles. The molecule has 0 fully saturated rings. The first-order valence-electron chi connectivity index (χ1n) is 8.22. The van der Waals surface area contributed by atoms with Crippen LogP contribution in [0.15, 0.2) is 46.6 Å². The Morgan fingerprint density at radius 2 is 1.81 bits per heavy atom. The number of aryl methyl sites for hydroxylation is 1. The standard InChI is InChI=1S/C21H19BrO4/c1-12-9-15(25-20(24)21(2,3)4)11-16-18(12)19(23)17(26-16)10-13-5-7-14(22)8-6-13/h5-11H,1-4H3/b17-10-. The van der Waals surface area contributed by atoms with E-state index in [9.17, 15) is 9.59 Å². The minimum atomic E-state index is -0.615. The highest BCUT2D eigenvalue weighted by atomic mass is 79.9. The number of Topliss-reactive ketones (excluding diaryl/α,β-unsaturated/α-hetero) is 1. The molecule has 2 aromatic carbocycles. The number of rotatable bonds is 2. The van der Waals surface area contributed by atoms with Gasteiger partial charge in [0.05, 0.1) is 11.0 Å². The van der Waals surface area contributed by atoms with Gasteiger partial charge < -0.3 is 9.47 Å². The van der Waals surface area contributed by atoms with Gasteiger partial charge in [-0.05, 0) is 63.1 Å². The molecule has 26 heavy (non-hydrogen) atoms. The van der Waals surface area contributed by atoms with E-state index in [0.29, 0.717) is 22.6 Å². The molecule has 134 valence electrons. The molecule has 1 aliphatic heterocycles. The van der Waals surface area contributed by atoms with E-state index in [2.05, 4.69) is 15.9 Å². The number of halogens is 1. The minimum Gasteiger partial charge on any atom is -0.452 e. The Bertz CT molecular complexity index is 918. The summed E-state index contributed by atoms with van der Waals surface area (Å²) in [7, 11) is 0. The first-order chi connectivity index (χ1) is 12.1. The van der Waals surface area contributed by atoms with E-state index in [-0.39, 0.29) is 17.5 Å². The lowest BCUT2D eigenvalue weighted by molar-refractivity contribution is -0.143. The van der Waals surface area contributed by atoms with Crippen LogP contribution in [0, 0.1) is 12.3 Å². The van der Waals surface area contributed by atoms with Crippen molar-refractivity contribution in [2.24, 2.45) is 5.41 Å². The summed E-state index contributed by atoms with van der Waals surface area (Å²) in [4.78, 5) is 24.8. The number of carbonyl (C=O) groups excluding carboxylic acids is 2. The Hall–Kier alpha value is -2.40. The highest BCUT2D eigenvalue weighted by molar-refractivity contribution is 9.10. The van der Waals surface area contributed by atoms with Crippen molar-refractivity contribution in [1.82, 2.24) is 0 Å². The predicted molar refractivity (Wildman–Crippen MR) is 103 cm³/mol. The molecule has 4 nitrogen and oxygen atoms in total. The van der Waals surface area contributed by atoms with Gasteiger partial charge in [-0.15, -0.1) is 0 Å². The maximum atomic E-state index is 12.7. The molecule has 0 aromatic heterocycles. The van der Waals surface area contributed by atoms with E-state index in [1.165, 1.54) is 0 Å². The van der Waals surface area contributed by atoms with Crippen LogP contribution in [-0.4, -0.2) is 11.8 Å². The number of fused-ring (bicyclic) bond motifs is 1. The third kappa shape index (κ3) is 3.73. The maximum absolute atomic E-state index is 12.7. The van der Waals surface area contributed by atoms with Crippen LogP contribution >= 0.6 is 15.9 Å². The van der Waals surface area contributed by atoms with Gasteiger partial charge >= 0.3 is 5.97 Å². The van der Waals surface area contributed by atoms with Crippen molar-refractivity contribution >= 4 is 33.8 Å². The molecule has 1 heterocycles. The lowest BCUT2D eigenvalue weighted by atomic mass is 9.97. The third-order valence-corrected chi connectivity index (χ3v) is 4.46. The highest BCUT2D eigenvalue weighted by Crippen LogP contribution is 2.38. The van der Waals surface area contributed by atoms with Crippen LogP contribution in [0.4, 0.5) is 0 Å². The zero-order valence-electron chi connectivity index (χ0n) is 15.1. The number of benzene rings is 2. The van der Waals surface area contributed by atoms with Gasteiger partial charge in [-0.3, -0.25) is 9.59 Å². The van der Waals surface area contributed by atoms with Crippen LogP contribution in [0.25, 0.3) is 6.08 Å². The van der Waals surface area contributed by atoms with Crippen molar-refractivity contribution in [3.63, 3.8) is 0 Å². The van der Waals surface area contributed by atoms with Crippen LogP contribution in [-0.2, 0) is 4.79 Å². The molecular weight excluding hydrogens is 396 g/mol. The van der Waals surface area contributed by atoms with Gasteiger partial charge in [0.25, 0.3) is 0 Å². The smallest absolute Gasteiger partial charge is 0.316 e. The number of ketones is 1. The second-order valence-corrected chi connectivity index (χ2v) is 8.16. The molecule has 0 amide bonds. The molecule has 0 spiro atoms. The molecular formula is C21H19BrO4. The molecule has 0 bridgehead atoms. The molecule has 0 atom stereocenters. The van der Waals surface area contributed by atoms with E-state index in [1.54, 1.807) is 45.9 Å². The van der Waals surface area contributed by atoms with Crippen LogP contribution in [0.1, 0.15) is 42.3 Å². The molecule has 0 saturated heterocycles. The quantitative estimate of drug-likeness (QED) is 0.378. The van der Waals surface area contributed by atoms with Crippen molar-refractivity contribution in [2.45, 2.75) is 27.7 Å². The summed E-state index contributed by atoms with van der Waals surface area (Å²) in [5.41, 5.74) is 1.46. The summed E-state index contributed by atoms with van der Waals surface area (Å²) >= 11 is 3.38. The topological polar surface area (TPSA) is 52.6 Å². The maximum Gasteiger partial charge on any atom is 0.316 e. The predicted octanol–water partition coefficient (Wildman–Crippen LogP) is 5.33. The van der Waals surface area contributed by atoms with Gasteiger partial charge in [-0.1, -0.05) is 28.1 Å². The molecule has 0 N–H and O–H groups in total. The fourth-order valence-corrected chi connectivity index (χ4v) is 2.77. The average molecular weight is 415 g/mol. The van der Waals surface area contributed by atoms with E-state index in [1.807, 2.05) is 24.3 Å².